The zero-order valence-corrected chi connectivity index (χ0v) is 30.6. The fraction of sp³-hybridized carbons (Fsp3) is 0.122. The predicted molar refractivity (Wildman–Crippen MR) is 199 cm³/mol. The summed E-state index contributed by atoms with van der Waals surface area (Å²) in [6.07, 6.45) is 6.21. The molecule has 0 N–H and O–H groups in total. The molecule has 4 aromatic carbocycles. The third-order valence-electron chi connectivity index (χ3n) is 8.32. The van der Waals surface area contributed by atoms with E-state index in [4.69, 9.17) is 0 Å². The molecule has 0 unspecified atom stereocenters. The molecule has 4 aromatic heterocycles. The van der Waals surface area contributed by atoms with E-state index in [0.29, 0.717) is 11.4 Å². The first-order valence-electron chi connectivity index (χ1n) is 17.0. The van der Waals surface area contributed by atoms with Crippen LogP contribution in [0.2, 0.25) is 0 Å². The average molecular weight is 809 g/mol. The van der Waals surface area contributed by atoms with Gasteiger partial charge in [0.15, 0.2) is 0 Å². The van der Waals surface area contributed by atoms with Crippen molar-refractivity contribution in [2.75, 3.05) is 0 Å². The van der Waals surface area contributed by atoms with Gasteiger partial charge in [0.25, 0.3) is 0 Å². The zero-order valence-electron chi connectivity index (χ0n) is 30.6. The Bertz CT molecular complexity index is 2420. The quantitative estimate of drug-likeness (QED) is 0.166. The minimum atomic E-state index is -4.35. The van der Waals surface area contributed by atoms with Crippen molar-refractivity contribution < 1.29 is 39.5 Å². The molecule has 0 spiro atoms. The van der Waals surface area contributed by atoms with Gasteiger partial charge >= 0.3 is 18.5 Å². The van der Waals surface area contributed by atoms with Crippen LogP contribution in [0.4, 0.5) is 39.5 Å². The fourth-order valence-electron chi connectivity index (χ4n) is 5.25. The monoisotopic (exact) mass is 808 g/mol. The molecule has 300 valence electrons. The Labute approximate surface area is 326 Å². The van der Waals surface area contributed by atoms with Crippen LogP contribution in [0.1, 0.15) is 27.8 Å². The smallest absolute Gasteiger partial charge is 0.306 e. The summed E-state index contributed by atoms with van der Waals surface area (Å²) in [6.45, 7) is 4.25. The molecule has 8 nitrogen and oxygen atoms in total. The van der Waals surface area contributed by atoms with Gasteiger partial charge in [0.05, 0.1) is 47.7 Å². The number of aryl methyl sites for hydroxylation is 1. The number of benzene rings is 4. The van der Waals surface area contributed by atoms with Gasteiger partial charge < -0.3 is 18.3 Å². The highest BCUT2D eigenvalue weighted by Gasteiger charge is 2.33. The van der Waals surface area contributed by atoms with Gasteiger partial charge in [-0.1, -0.05) is 30.3 Å². The van der Waals surface area contributed by atoms with E-state index < -0.39 is 35.2 Å². The molecule has 0 aliphatic carbocycles. The number of rotatable bonds is 4. The Kier molecular flexibility index (Phi) is 13.4. The molecule has 8 rings (SSSR count). The van der Waals surface area contributed by atoms with E-state index in [2.05, 4.69) is 52.0 Å². The van der Waals surface area contributed by atoms with Gasteiger partial charge in [-0.25, -0.2) is 19.9 Å². The molecule has 58 heavy (non-hydrogen) atoms. The van der Waals surface area contributed by atoms with E-state index in [1.807, 2.05) is 17.1 Å². The number of imidazole rings is 4. The van der Waals surface area contributed by atoms with Gasteiger partial charge in [-0.2, -0.15) is 39.5 Å². The lowest BCUT2D eigenvalue weighted by molar-refractivity contribution is -0.138. The van der Waals surface area contributed by atoms with E-state index >= 15 is 0 Å². The Balaban J connectivity index is 0.000000147. The normalized spacial score (nSPS) is 11.4. The SMILES string of the molecule is Cc1cccc(-n2ccnc2)c1C.FC(F)(F)c1ccc(-n2ccnc2)cc1.FC(F)(F)c1cccc(-n2ccnc2)c1.FC(F)(F)c1ccccc1-n1ccnc1. The highest BCUT2D eigenvalue weighted by molar-refractivity contribution is 5.45. The number of nitrogens with zero attached hydrogens (tertiary/aromatic N) is 8. The van der Waals surface area contributed by atoms with Crippen molar-refractivity contribution in [1.29, 1.82) is 0 Å². The number of aromatic nitrogens is 8. The van der Waals surface area contributed by atoms with Crippen molar-refractivity contribution in [3.05, 3.63) is 194 Å². The standard InChI is InChI=1S/C11H12N2.3C10H7F3N2/c1-9-4-3-5-11(10(9)2)13-7-6-12-8-13;11-10(12,13)8-1-3-9(4-2-8)15-6-5-14-7-15;11-10(12,13)8-2-1-3-9(6-8)15-5-4-14-7-15;11-10(12,13)8-3-1-2-4-9(8)15-6-5-14-7-15/h3-8H,1-2H3;3*1-7H. The van der Waals surface area contributed by atoms with Crippen molar-refractivity contribution in [3.8, 4) is 22.7 Å². The van der Waals surface area contributed by atoms with E-state index in [9.17, 15) is 39.5 Å². The van der Waals surface area contributed by atoms with Gasteiger partial charge in [0, 0.05) is 66.6 Å². The van der Waals surface area contributed by atoms with Crippen LogP contribution in [-0.4, -0.2) is 38.2 Å². The summed E-state index contributed by atoms with van der Waals surface area (Å²) in [5.41, 5.74) is 3.04. The van der Waals surface area contributed by atoms with Crippen molar-refractivity contribution in [1.82, 2.24) is 38.2 Å². The van der Waals surface area contributed by atoms with E-state index in [0.717, 1.165) is 30.3 Å². The molecule has 0 saturated heterocycles. The molecule has 0 aliphatic rings. The molecule has 0 bridgehead atoms. The highest BCUT2D eigenvalue weighted by Crippen LogP contribution is 2.34. The lowest BCUT2D eigenvalue weighted by atomic mass is 10.1. The average Bonchev–Trinajstić information content (AvgIpc) is 4.05. The Morgan fingerprint density at radius 1 is 0.414 bits per heavy atom. The van der Waals surface area contributed by atoms with Gasteiger partial charge in [-0.3, -0.25) is 0 Å². The van der Waals surface area contributed by atoms with Gasteiger partial charge in [0.2, 0.25) is 0 Å². The molecule has 0 atom stereocenters. The number of para-hydroxylation sites is 1. The van der Waals surface area contributed by atoms with Gasteiger partial charge in [-0.15, -0.1) is 0 Å². The molecular formula is C41H33F9N8. The van der Waals surface area contributed by atoms with Crippen molar-refractivity contribution in [3.63, 3.8) is 0 Å². The Morgan fingerprint density at radius 2 is 0.879 bits per heavy atom. The van der Waals surface area contributed by atoms with Crippen LogP contribution in [0.5, 0.6) is 0 Å². The fourth-order valence-corrected chi connectivity index (χ4v) is 5.25. The molecule has 4 heterocycles. The van der Waals surface area contributed by atoms with Crippen LogP contribution < -0.4 is 0 Å². The lowest BCUT2D eigenvalue weighted by Crippen LogP contribution is -2.09. The summed E-state index contributed by atoms with van der Waals surface area (Å²) in [5, 5.41) is 0. The first-order chi connectivity index (χ1) is 27.5. The molecule has 8 aromatic rings. The molecule has 0 saturated carbocycles. The highest BCUT2D eigenvalue weighted by atomic mass is 19.4. The maximum atomic E-state index is 12.6. The van der Waals surface area contributed by atoms with E-state index in [1.165, 1.54) is 93.9 Å². The van der Waals surface area contributed by atoms with Crippen LogP contribution >= 0.6 is 0 Å². The van der Waals surface area contributed by atoms with Crippen molar-refractivity contribution >= 4 is 0 Å². The number of hydrogen-bond donors (Lipinski definition) is 0. The second kappa shape index (κ2) is 18.4. The first-order valence-corrected chi connectivity index (χ1v) is 17.0. The number of alkyl halides is 9. The molecule has 0 aliphatic heterocycles. The Hall–Kier alpha value is -6.91. The molecule has 0 fully saturated rings. The first kappa shape index (κ1) is 42.2. The van der Waals surface area contributed by atoms with Crippen molar-refractivity contribution in [2.24, 2.45) is 0 Å². The van der Waals surface area contributed by atoms with Gasteiger partial charge in [0.1, 0.15) is 0 Å². The second-order valence-corrected chi connectivity index (χ2v) is 12.2. The van der Waals surface area contributed by atoms with Crippen LogP contribution in [0.3, 0.4) is 0 Å². The summed E-state index contributed by atoms with van der Waals surface area (Å²) in [7, 11) is 0. The molecular weight excluding hydrogens is 775 g/mol. The summed E-state index contributed by atoms with van der Waals surface area (Å²) >= 11 is 0. The summed E-state index contributed by atoms with van der Waals surface area (Å²) in [5.74, 6) is 0. The Morgan fingerprint density at radius 3 is 1.38 bits per heavy atom. The number of hydrogen-bond acceptors (Lipinski definition) is 4. The summed E-state index contributed by atoms with van der Waals surface area (Å²) in [6, 6.07) is 21.7. The molecule has 17 heteroatoms. The van der Waals surface area contributed by atoms with Crippen molar-refractivity contribution in [2.45, 2.75) is 32.4 Å². The predicted octanol–water partition coefficient (Wildman–Crippen LogP) is 11.2. The summed E-state index contributed by atoms with van der Waals surface area (Å²) in [4.78, 5) is 15.3. The minimum Gasteiger partial charge on any atom is -0.306 e. The van der Waals surface area contributed by atoms with Gasteiger partial charge in [-0.05, 0) is 85.6 Å². The maximum Gasteiger partial charge on any atom is 0.418 e. The molecule has 0 radical (unpaired) electrons. The topological polar surface area (TPSA) is 71.3 Å². The zero-order chi connectivity index (χ0) is 41.9. The largest absolute Gasteiger partial charge is 0.418 e. The third kappa shape index (κ3) is 11.3. The van der Waals surface area contributed by atoms with Crippen LogP contribution in [-0.2, 0) is 18.5 Å². The molecule has 0 amide bonds. The van der Waals surface area contributed by atoms with Crippen LogP contribution in [0, 0.1) is 13.8 Å². The van der Waals surface area contributed by atoms with Crippen LogP contribution in [0.25, 0.3) is 22.7 Å². The summed E-state index contributed by atoms with van der Waals surface area (Å²) < 4.78 is 118. The minimum absolute atomic E-state index is 0.0856. The maximum absolute atomic E-state index is 12.6. The third-order valence-corrected chi connectivity index (χ3v) is 8.32. The lowest BCUT2D eigenvalue weighted by Gasteiger charge is -2.12. The number of halogens is 9. The van der Waals surface area contributed by atoms with E-state index in [-0.39, 0.29) is 5.69 Å². The second-order valence-electron chi connectivity index (χ2n) is 12.2. The van der Waals surface area contributed by atoms with Crippen LogP contribution in [0.15, 0.2) is 166 Å². The van der Waals surface area contributed by atoms with E-state index in [1.54, 1.807) is 41.5 Å².